The van der Waals surface area contributed by atoms with Crippen molar-refractivity contribution in [1.29, 1.82) is 0 Å². The molecule has 0 aromatic heterocycles. The summed E-state index contributed by atoms with van der Waals surface area (Å²) in [4.78, 5) is 0. The van der Waals surface area contributed by atoms with Crippen LogP contribution in [0.1, 0.15) is 41.7 Å². The van der Waals surface area contributed by atoms with Crippen LogP contribution in [0.3, 0.4) is 0 Å². The molecular weight excluding hydrogens is 359 g/mol. The summed E-state index contributed by atoms with van der Waals surface area (Å²) >= 11 is 0. The van der Waals surface area contributed by atoms with Crippen molar-refractivity contribution in [3.8, 4) is 5.75 Å². The number of aliphatic hydroxyl groups is 1. The minimum atomic E-state index is -4.43. The highest BCUT2D eigenvalue weighted by atomic mass is 19.4. The number of phenols is 1. The monoisotopic (exact) mass is 379 g/mol. The van der Waals surface area contributed by atoms with Crippen molar-refractivity contribution in [3.05, 3.63) is 59.2 Å². The van der Waals surface area contributed by atoms with Gasteiger partial charge in [0.25, 0.3) is 0 Å². The molecule has 2 aliphatic heterocycles. The Balaban J connectivity index is 1.76. The van der Waals surface area contributed by atoms with E-state index in [1.807, 2.05) is 0 Å². The fourth-order valence-corrected chi connectivity index (χ4v) is 4.08. The predicted molar refractivity (Wildman–Crippen MR) is 93.3 cm³/mol. The Kier molecular flexibility index (Phi) is 4.52. The highest BCUT2D eigenvalue weighted by Gasteiger charge is 2.43. The zero-order chi connectivity index (χ0) is 19.2. The van der Waals surface area contributed by atoms with Crippen molar-refractivity contribution in [2.45, 2.75) is 37.3 Å². The van der Waals surface area contributed by atoms with Crippen molar-refractivity contribution in [2.24, 2.45) is 5.92 Å². The van der Waals surface area contributed by atoms with Crippen LogP contribution < -0.4 is 5.32 Å². The third-order valence-electron chi connectivity index (χ3n) is 5.43. The molecule has 0 radical (unpaired) electrons. The number of aliphatic hydroxyl groups excluding tert-OH is 1. The first-order valence-electron chi connectivity index (χ1n) is 8.90. The fraction of sp³-hybridized carbons (Fsp3) is 0.400. The largest absolute Gasteiger partial charge is 0.508 e. The van der Waals surface area contributed by atoms with Crippen molar-refractivity contribution in [2.75, 3.05) is 11.9 Å². The summed E-state index contributed by atoms with van der Waals surface area (Å²) in [5.41, 5.74) is 1.29. The summed E-state index contributed by atoms with van der Waals surface area (Å²) in [6, 6.07) is 10.3. The Labute approximate surface area is 154 Å². The normalized spacial score (nSPS) is 27.4. The second-order valence-corrected chi connectivity index (χ2v) is 7.12. The molecule has 0 aliphatic carbocycles. The Morgan fingerprint density at radius 3 is 2.48 bits per heavy atom. The van der Waals surface area contributed by atoms with E-state index < -0.39 is 17.8 Å². The molecule has 1 saturated heterocycles. The van der Waals surface area contributed by atoms with Gasteiger partial charge >= 0.3 is 6.18 Å². The van der Waals surface area contributed by atoms with E-state index in [2.05, 4.69) is 5.32 Å². The quantitative estimate of drug-likeness (QED) is 0.724. The lowest BCUT2D eigenvalue weighted by molar-refractivity contribution is -0.138. The molecule has 27 heavy (non-hydrogen) atoms. The van der Waals surface area contributed by atoms with E-state index in [1.165, 1.54) is 6.07 Å². The fourth-order valence-electron chi connectivity index (χ4n) is 4.08. The second-order valence-electron chi connectivity index (χ2n) is 7.12. The lowest BCUT2D eigenvalue weighted by Gasteiger charge is -2.45. The molecular formula is C20H20F3NO3. The van der Waals surface area contributed by atoms with Gasteiger partial charge in [-0.15, -0.1) is 0 Å². The molecule has 7 heteroatoms. The molecule has 4 atom stereocenters. The zero-order valence-electron chi connectivity index (χ0n) is 14.4. The number of hydrogen-bond acceptors (Lipinski definition) is 4. The summed E-state index contributed by atoms with van der Waals surface area (Å²) in [6.45, 7) is -0.158. The average Bonchev–Trinajstić information content (AvgIpc) is 2.66. The zero-order valence-corrected chi connectivity index (χ0v) is 14.4. The summed E-state index contributed by atoms with van der Waals surface area (Å²) in [6.07, 6.45) is -3.99. The highest BCUT2D eigenvalue weighted by molar-refractivity contribution is 5.58. The molecule has 0 amide bonds. The van der Waals surface area contributed by atoms with Gasteiger partial charge in [-0.25, -0.2) is 0 Å². The molecule has 2 heterocycles. The van der Waals surface area contributed by atoms with Gasteiger partial charge in [-0.3, -0.25) is 0 Å². The van der Waals surface area contributed by atoms with Crippen LogP contribution in [-0.4, -0.2) is 22.9 Å². The number of fused-ring (bicyclic) bond motifs is 3. The number of benzene rings is 2. The van der Waals surface area contributed by atoms with Gasteiger partial charge in [0.2, 0.25) is 0 Å². The summed E-state index contributed by atoms with van der Waals surface area (Å²) in [7, 11) is 0. The molecule has 2 aromatic carbocycles. The summed E-state index contributed by atoms with van der Waals surface area (Å²) in [5, 5.41) is 22.4. The van der Waals surface area contributed by atoms with Crippen molar-refractivity contribution < 1.29 is 28.1 Å². The van der Waals surface area contributed by atoms with E-state index >= 15 is 0 Å². The van der Waals surface area contributed by atoms with Gasteiger partial charge in [0.15, 0.2) is 0 Å². The van der Waals surface area contributed by atoms with E-state index in [0.29, 0.717) is 24.1 Å². The van der Waals surface area contributed by atoms with Crippen LogP contribution in [0.4, 0.5) is 18.9 Å². The Bertz CT molecular complexity index is 822. The minimum Gasteiger partial charge on any atom is -0.508 e. The molecule has 3 unspecified atom stereocenters. The molecule has 4 rings (SSSR count). The Morgan fingerprint density at radius 1 is 1.07 bits per heavy atom. The van der Waals surface area contributed by atoms with E-state index in [4.69, 9.17) is 4.74 Å². The number of anilines is 1. The lowest BCUT2D eigenvalue weighted by Crippen LogP contribution is -2.40. The maximum Gasteiger partial charge on any atom is 0.416 e. The molecule has 4 nitrogen and oxygen atoms in total. The Morgan fingerprint density at radius 2 is 1.81 bits per heavy atom. The first kappa shape index (κ1) is 18.1. The van der Waals surface area contributed by atoms with Gasteiger partial charge in [-0.1, -0.05) is 12.1 Å². The van der Waals surface area contributed by atoms with E-state index in [0.717, 1.165) is 17.7 Å². The number of phenolic OH excluding ortho intramolecular Hbond substituents is 1. The molecule has 2 aliphatic rings. The maximum atomic E-state index is 13.2. The van der Waals surface area contributed by atoms with Gasteiger partial charge in [-0.05, 0) is 48.7 Å². The number of halogens is 3. The lowest BCUT2D eigenvalue weighted by atomic mass is 9.76. The topological polar surface area (TPSA) is 61.7 Å². The highest BCUT2D eigenvalue weighted by Crippen LogP contribution is 2.51. The standard InChI is InChI=1S/C20H20F3NO3/c21-20(22,23)12-3-8-17-16(9-12)19-15(7-6-14(10-25)27-19)18(24-17)11-1-4-13(26)5-2-11/h1-5,8-9,14-15,18-19,24-26H,6-7,10H2/t14-,15?,18?,19?/m0/s1. The van der Waals surface area contributed by atoms with E-state index in [1.54, 1.807) is 24.3 Å². The van der Waals surface area contributed by atoms with Crippen LogP contribution >= 0.6 is 0 Å². The number of alkyl halides is 3. The average molecular weight is 379 g/mol. The summed E-state index contributed by atoms with van der Waals surface area (Å²) in [5.74, 6) is 0.0786. The van der Waals surface area contributed by atoms with Crippen molar-refractivity contribution >= 4 is 5.69 Å². The van der Waals surface area contributed by atoms with Crippen LogP contribution in [0.25, 0.3) is 0 Å². The van der Waals surface area contributed by atoms with Crippen LogP contribution in [-0.2, 0) is 10.9 Å². The second kappa shape index (κ2) is 6.73. The first-order chi connectivity index (χ1) is 12.9. The maximum absolute atomic E-state index is 13.2. The molecule has 2 aromatic rings. The number of nitrogens with one attached hydrogen (secondary N) is 1. The van der Waals surface area contributed by atoms with E-state index in [-0.39, 0.29) is 30.4 Å². The van der Waals surface area contributed by atoms with Crippen LogP contribution in [0, 0.1) is 5.92 Å². The van der Waals surface area contributed by atoms with Gasteiger partial charge in [0.05, 0.1) is 30.4 Å². The van der Waals surface area contributed by atoms with Gasteiger partial charge in [-0.2, -0.15) is 13.2 Å². The van der Waals surface area contributed by atoms with Gasteiger partial charge < -0.3 is 20.3 Å². The Hall–Kier alpha value is -2.25. The third-order valence-corrected chi connectivity index (χ3v) is 5.43. The minimum absolute atomic E-state index is 0.0756. The molecule has 0 saturated carbocycles. The first-order valence-corrected chi connectivity index (χ1v) is 8.90. The van der Waals surface area contributed by atoms with Crippen molar-refractivity contribution in [1.82, 2.24) is 0 Å². The van der Waals surface area contributed by atoms with Gasteiger partial charge in [0, 0.05) is 17.2 Å². The van der Waals surface area contributed by atoms with E-state index in [9.17, 15) is 23.4 Å². The number of hydrogen-bond donors (Lipinski definition) is 3. The SMILES string of the molecule is OC[C@@H]1CCC2C(c3ccc(O)cc3)Nc3ccc(C(F)(F)F)cc3C2O1. The molecule has 0 spiro atoms. The molecule has 1 fully saturated rings. The van der Waals surface area contributed by atoms with Crippen LogP contribution in [0.2, 0.25) is 0 Å². The predicted octanol–water partition coefficient (Wildman–Crippen LogP) is 4.41. The van der Waals surface area contributed by atoms with Crippen molar-refractivity contribution in [3.63, 3.8) is 0 Å². The van der Waals surface area contributed by atoms with Gasteiger partial charge in [0.1, 0.15) is 5.75 Å². The number of rotatable bonds is 2. The van der Waals surface area contributed by atoms with Crippen LogP contribution in [0.15, 0.2) is 42.5 Å². The number of aromatic hydroxyl groups is 1. The molecule has 3 N–H and O–H groups in total. The molecule has 0 bridgehead atoms. The third kappa shape index (κ3) is 3.37. The molecule has 144 valence electrons. The number of ether oxygens (including phenoxy) is 1. The smallest absolute Gasteiger partial charge is 0.416 e. The van der Waals surface area contributed by atoms with Crippen LogP contribution in [0.5, 0.6) is 5.75 Å². The summed E-state index contributed by atoms with van der Waals surface area (Å²) < 4.78 is 45.5.